The highest BCUT2D eigenvalue weighted by molar-refractivity contribution is 5.68. The van der Waals surface area contributed by atoms with Crippen LogP contribution in [0, 0.1) is 12.8 Å². The highest BCUT2D eigenvalue weighted by atomic mass is 16.6. The van der Waals surface area contributed by atoms with Gasteiger partial charge in [0.05, 0.1) is 0 Å². The van der Waals surface area contributed by atoms with Gasteiger partial charge in [-0.3, -0.25) is 0 Å². The van der Waals surface area contributed by atoms with Gasteiger partial charge in [0.25, 0.3) is 0 Å². The summed E-state index contributed by atoms with van der Waals surface area (Å²) in [4.78, 5) is 11.3. The van der Waals surface area contributed by atoms with Crippen molar-refractivity contribution in [2.75, 3.05) is 6.54 Å². The maximum atomic E-state index is 11.3. The van der Waals surface area contributed by atoms with Crippen molar-refractivity contribution in [1.29, 1.82) is 0 Å². The molecule has 1 saturated heterocycles. The topological polar surface area (TPSA) is 38.3 Å². The molecule has 1 N–H and O–H groups in total. The predicted molar refractivity (Wildman–Crippen MR) is 62.2 cm³/mol. The molecule has 1 aromatic rings. The van der Waals surface area contributed by atoms with E-state index in [9.17, 15) is 4.79 Å². The molecule has 2 rings (SSSR count). The Kier molecular flexibility index (Phi) is 3.13. The fourth-order valence-corrected chi connectivity index (χ4v) is 2.12. The molecule has 1 heterocycles. The monoisotopic (exact) mass is 219 g/mol. The van der Waals surface area contributed by atoms with Crippen molar-refractivity contribution < 1.29 is 9.53 Å². The number of ether oxygens (including phenoxy) is 1. The summed E-state index contributed by atoms with van der Waals surface area (Å²) in [6.45, 7) is 4.87. The lowest BCUT2D eigenvalue weighted by Gasteiger charge is -2.31. The predicted octanol–water partition coefficient (Wildman–Crippen LogP) is 2.80. The van der Waals surface area contributed by atoms with E-state index >= 15 is 0 Å². The molecule has 0 aromatic heterocycles. The van der Waals surface area contributed by atoms with Gasteiger partial charge in [-0.05, 0) is 18.9 Å². The van der Waals surface area contributed by atoms with E-state index in [1.807, 2.05) is 25.1 Å². The maximum absolute atomic E-state index is 11.3. The van der Waals surface area contributed by atoms with E-state index < -0.39 is 0 Å². The van der Waals surface area contributed by atoms with Crippen molar-refractivity contribution in [2.45, 2.75) is 26.4 Å². The lowest BCUT2D eigenvalue weighted by Crippen LogP contribution is -2.40. The van der Waals surface area contributed by atoms with Crippen molar-refractivity contribution in [3.05, 3.63) is 35.4 Å². The third kappa shape index (κ3) is 2.18. The molecule has 1 aliphatic heterocycles. The molecule has 1 amide bonds. The average molecular weight is 219 g/mol. The normalized spacial score (nSPS) is 24.8. The van der Waals surface area contributed by atoms with Crippen molar-refractivity contribution in [3.8, 4) is 0 Å². The standard InChI is InChI=1S/C13H17NO2/c1-3-10-8-14-13(15)16-12(10)11-6-4-5-9(2)7-11/h4-7,10,12H,3,8H2,1-2H3,(H,14,15)/t10-,12-/m1/s1. The molecule has 16 heavy (non-hydrogen) atoms. The molecule has 0 spiro atoms. The maximum Gasteiger partial charge on any atom is 0.407 e. The number of aryl methyl sites for hydroxylation is 1. The van der Waals surface area contributed by atoms with Crippen molar-refractivity contribution >= 4 is 6.09 Å². The van der Waals surface area contributed by atoms with Crippen LogP contribution in [0.3, 0.4) is 0 Å². The Morgan fingerprint density at radius 1 is 1.50 bits per heavy atom. The number of rotatable bonds is 2. The van der Waals surface area contributed by atoms with Crippen molar-refractivity contribution in [3.63, 3.8) is 0 Å². The number of carbonyl (C=O) groups is 1. The summed E-state index contributed by atoms with van der Waals surface area (Å²) >= 11 is 0. The minimum atomic E-state index is -0.309. The Balaban J connectivity index is 2.25. The lowest BCUT2D eigenvalue weighted by atomic mass is 9.91. The molecule has 0 unspecified atom stereocenters. The number of alkyl carbamates (subject to hydrolysis) is 1. The van der Waals surface area contributed by atoms with Crippen LogP contribution in [0.15, 0.2) is 24.3 Å². The molecule has 0 aliphatic carbocycles. The van der Waals surface area contributed by atoms with E-state index in [1.165, 1.54) is 5.56 Å². The minimum absolute atomic E-state index is 0.0985. The van der Waals surface area contributed by atoms with Gasteiger partial charge in [-0.2, -0.15) is 0 Å². The van der Waals surface area contributed by atoms with Crippen LogP contribution in [0.4, 0.5) is 4.79 Å². The molecule has 86 valence electrons. The summed E-state index contributed by atoms with van der Waals surface area (Å²) in [6.07, 6.45) is 0.591. The zero-order valence-electron chi connectivity index (χ0n) is 9.69. The van der Waals surface area contributed by atoms with Gasteiger partial charge in [0, 0.05) is 12.5 Å². The number of benzene rings is 1. The summed E-state index contributed by atoms with van der Waals surface area (Å²) < 4.78 is 5.38. The Morgan fingerprint density at radius 3 is 3.00 bits per heavy atom. The zero-order valence-corrected chi connectivity index (χ0v) is 9.69. The molecule has 0 saturated carbocycles. The van der Waals surface area contributed by atoms with Gasteiger partial charge in [-0.25, -0.2) is 4.79 Å². The Bertz CT molecular complexity index is 389. The van der Waals surface area contributed by atoms with Crippen LogP contribution in [0.25, 0.3) is 0 Å². The fraction of sp³-hybridized carbons (Fsp3) is 0.462. The Hall–Kier alpha value is -1.51. The lowest BCUT2D eigenvalue weighted by molar-refractivity contribution is 0.0346. The molecule has 1 fully saturated rings. The summed E-state index contributed by atoms with van der Waals surface area (Å²) in [5.41, 5.74) is 2.30. The molecule has 0 bridgehead atoms. The minimum Gasteiger partial charge on any atom is -0.441 e. The molecule has 1 aromatic carbocycles. The number of cyclic esters (lactones) is 1. The van der Waals surface area contributed by atoms with Crippen molar-refractivity contribution in [1.82, 2.24) is 5.32 Å². The fourth-order valence-electron chi connectivity index (χ4n) is 2.12. The van der Waals surface area contributed by atoms with Crippen LogP contribution in [0.2, 0.25) is 0 Å². The second kappa shape index (κ2) is 4.56. The number of carbonyl (C=O) groups excluding carboxylic acids is 1. The van der Waals surface area contributed by atoms with E-state index in [-0.39, 0.29) is 12.2 Å². The van der Waals surface area contributed by atoms with Gasteiger partial charge < -0.3 is 10.1 Å². The Labute approximate surface area is 95.8 Å². The molecule has 3 heteroatoms. The molecular formula is C13H17NO2. The molecule has 3 nitrogen and oxygen atoms in total. The quantitative estimate of drug-likeness (QED) is 0.830. The highest BCUT2D eigenvalue weighted by Gasteiger charge is 2.30. The van der Waals surface area contributed by atoms with Gasteiger partial charge in [0.1, 0.15) is 6.10 Å². The first-order valence-electron chi connectivity index (χ1n) is 5.71. The second-order valence-electron chi connectivity index (χ2n) is 4.29. The van der Waals surface area contributed by atoms with E-state index in [0.717, 1.165) is 12.0 Å². The molecule has 1 aliphatic rings. The van der Waals surface area contributed by atoms with Gasteiger partial charge >= 0.3 is 6.09 Å². The summed E-state index contributed by atoms with van der Waals surface area (Å²) in [5.74, 6) is 0.361. The number of hydrogen-bond donors (Lipinski definition) is 1. The third-order valence-corrected chi connectivity index (χ3v) is 3.07. The van der Waals surface area contributed by atoms with Gasteiger partial charge in [-0.1, -0.05) is 36.8 Å². The molecule has 2 atom stereocenters. The molecule has 0 radical (unpaired) electrons. The van der Waals surface area contributed by atoms with E-state index in [2.05, 4.69) is 18.3 Å². The van der Waals surface area contributed by atoms with Crippen LogP contribution >= 0.6 is 0 Å². The van der Waals surface area contributed by atoms with Crippen LogP contribution in [-0.4, -0.2) is 12.6 Å². The van der Waals surface area contributed by atoms with Crippen LogP contribution in [-0.2, 0) is 4.74 Å². The van der Waals surface area contributed by atoms with Crippen molar-refractivity contribution in [2.24, 2.45) is 5.92 Å². The highest BCUT2D eigenvalue weighted by Crippen LogP contribution is 2.31. The van der Waals surface area contributed by atoms with Crippen LogP contribution in [0.1, 0.15) is 30.6 Å². The van der Waals surface area contributed by atoms with Gasteiger partial charge in [0.2, 0.25) is 0 Å². The number of amides is 1. The number of hydrogen-bond acceptors (Lipinski definition) is 2. The third-order valence-electron chi connectivity index (χ3n) is 3.07. The van der Waals surface area contributed by atoms with Gasteiger partial charge in [0.15, 0.2) is 0 Å². The van der Waals surface area contributed by atoms with Crippen LogP contribution in [0.5, 0.6) is 0 Å². The molecular weight excluding hydrogens is 202 g/mol. The number of nitrogens with one attached hydrogen (secondary N) is 1. The smallest absolute Gasteiger partial charge is 0.407 e. The van der Waals surface area contributed by atoms with E-state index in [0.29, 0.717) is 12.5 Å². The summed E-state index contributed by atoms with van der Waals surface area (Å²) in [6, 6.07) is 8.17. The first-order valence-corrected chi connectivity index (χ1v) is 5.71. The van der Waals surface area contributed by atoms with Gasteiger partial charge in [-0.15, -0.1) is 0 Å². The first-order chi connectivity index (χ1) is 7.70. The zero-order chi connectivity index (χ0) is 11.5. The Morgan fingerprint density at radius 2 is 2.31 bits per heavy atom. The summed E-state index contributed by atoms with van der Waals surface area (Å²) in [5, 5.41) is 2.74. The summed E-state index contributed by atoms with van der Waals surface area (Å²) in [7, 11) is 0. The second-order valence-corrected chi connectivity index (χ2v) is 4.29. The first kappa shape index (κ1) is 11.0. The van der Waals surface area contributed by atoms with E-state index in [1.54, 1.807) is 0 Å². The van der Waals surface area contributed by atoms with E-state index in [4.69, 9.17) is 4.74 Å². The largest absolute Gasteiger partial charge is 0.441 e. The average Bonchev–Trinajstić information content (AvgIpc) is 2.29. The van der Waals surface area contributed by atoms with Crippen LogP contribution < -0.4 is 5.32 Å². The SMILES string of the molecule is CC[C@@H]1CNC(=O)O[C@H]1c1cccc(C)c1.